The van der Waals surface area contributed by atoms with Crippen LogP contribution in [0.1, 0.15) is 52.6 Å². The van der Waals surface area contributed by atoms with Crippen molar-refractivity contribution in [2.75, 3.05) is 0 Å². The van der Waals surface area contributed by atoms with Crippen molar-refractivity contribution in [2.45, 2.75) is 56.7 Å². The Balaban J connectivity index is 2.99. The minimum atomic E-state index is 0.144. The van der Waals surface area contributed by atoms with Gasteiger partial charge in [0.2, 0.25) is 0 Å². The highest BCUT2D eigenvalue weighted by molar-refractivity contribution is 8.00. The van der Waals surface area contributed by atoms with E-state index in [9.17, 15) is 0 Å². The molecule has 17 heavy (non-hydrogen) atoms. The van der Waals surface area contributed by atoms with Crippen LogP contribution in [0.3, 0.4) is 0 Å². The van der Waals surface area contributed by atoms with Crippen LogP contribution in [0.2, 0.25) is 0 Å². The fourth-order valence-electron chi connectivity index (χ4n) is 1.74. The normalized spacial score (nSPS) is 15.6. The Morgan fingerprint density at radius 1 is 1.24 bits per heavy atom. The topological polar surface area (TPSA) is 26.0 Å². The number of benzene rings is 1. The molecule has 0 aromatic heterocycles. The molecule has 96 valence electrons. The van der Waals surface area contributed by atoms with Crippen LogP contribution in [0.15, 0.2) is 29.2 Å². The molecule has 0 saturated heterocycles. The van der Waals surface area contributed by atoms with Gasteiger partial charge in [0, 0.05) is 15.7 Å². The van der Waals surface area contributed by atoms with E-state index >= 15 is 0 Å². The van der Waals surface area contributed by atoms with Crippen molar-refractivity contribution in [3.63, 3.8) is 0 Å². The highest BCUT2D eigenvalue weighted by Gasteiger charge is 2.20. The molecule has 0 heterocycles. The molecule has 1 nitrogen and oxygen atoms in total. The van der Waals surface area contributed by atoms with Crippen molar-refractivity contribution >= 4 is 11.8 Å². The van der Waals surface area contributed by atoms with Gasteiger partial charge in [-0.25, -0.2) is 0 Å². The molecule has 0 bridgehead atoms. The largest absolute Gasteiger partial charge is 0.324 e. The molecule has 1 unspecified atom stereocenters. The van der Waals surface area contributed by atoms with Crippen LogP contribution >= 0.6 is 11.8 Å². The van der Waals surface area contributed by atoms with Gasteiger partial charge in [0.05, 0.1) is 0 Å². The number of hydrogen-bond donors (Lipinski definition) is 1. The average Bonchev–Trinajstić information content (AvgIpc) is 2.25. The molecule has 0 radical (unpaired) electrons. The fraction of sp³-hybridized carbons (Fsp3) is 0.600. The van der Waals surface area contributed by atoms with Crippen LogP contribution in [0.4, 0.5) is 0 Å². The van der Waals surface area contributed by atoms with E-state index in [1.165, 1.54) is 10.5 Å². The lowest BCUT2D eigenvalue weighted by Crippen LogP contribution is -2.20. The first-order valence-electron chi connectivity index (χ1n) is 6.38. The molecule has 0 amide bonds. The predicted octanol–water partition coefficient (Wildman–Crippen LogP) is 4.62. The van der Waals surface area contributed by atoms with E-state index in [0.717, 1.165) is 6.42 Å². The molecule has 0 spiro atoms. The first-order chi connectivity index (χ1) is 7.85. The van der Waals surface area contributed by atoms with Crippen LogP contribution in [0, 0.1) is 5.92 Å². The summed E-state index contributed by atoms with van der Waals surface area (Å²) in [7, 11) is 0. The Hall–Kier alpha value is -0.470. The van der Waals surface area contributed by atoms with E-state index in [0.29, 0.717) is 5.92 Å². The first-order valence-corrected chi connectivity index (χ1v) is 7.20. The molecule has 1 aromatic carbocycles. The summed E-state index contributed by atoms with van der Waals surface area (Å²) in [5.41, 5.74) is 7.65. The van der Waals surface area contributed by atoms with E-state index in [4.69, 9.17) is 5.73 Å². The molecule has 0 aliphatic heterocycles. The van der Waals surface area contributed by atoms with Gasteiger partial charge >= 0.3 is 0 Å². The Morgan fingerprint density at radius 2 is 1.82 bits per heavy atom. The van der Waals surface area contributed by atoms with Crippen molar-refractivity contribution in [3.8, 4) is 0 Å². The van der Waals surface area contributed by atoms with Crippen LogP contribution in [-0.4, -0.2) is 4.75 Å². The van der Waals surface area contributed by atoms with E-state index in [-0.39, 0.29) is 10.8 Å². The van der Waals surface area contributed by atoms with Crippen LogP contribution in [0.25, 0.3) is 0 Å². The predicted molar refractivity (Wildman–Crippen MR) is 78.4 cm³/mol. The monoisotopic (exact) mass is 251 g/mol. The van der Waals surface area contributed by atoms with Gasteiger partial charge in [0.1, 0.15) is 0 Å². The maximum absolute atomic E-state index is 6.36. The van der Waals surface area contributed by atoms with Gasteiger partial charge in [-0.15, -0.1) is 11.8 Å². The van der Waals surface area contributed by atoms with E-state index < -0.39 is 0 Å². The zero-order valence-corrected chi connectivity index (χ0v) is 12.5. The minimum absolute atomic E-state index is 0.144. The van der Waals surface area contributed by atoms with Gasteiger partial charge in [-0.05, 0) is 17.5 Å². The molecular weight excluding hydrogens is 226 g/mol. The van der Waals surface area contributed by atoms with Gasteiger partial charge in [0.25, 0.3) is 0 Å². The second kappa shape index (κ2) is 5.92. The van der Waals surface area contributed by atoms with E-state index in [2.05, 4.69) is 58.9 Å². The molecule has 0 aliphatic carbocycles. The summed E-state index contributed by atoms with van der Waals surface area (Å²) in [5, 5.41) is 0. The third kappa shape index (κ3) is 4.36. The van der Waals surface area contributed by atoms with Crippen LogP contribution < -0.4 is 5.73 Å². The zero-order chi connectivity index (χ0) is 13.1. The Bertz CT molecular complexity index is 354. The molecule has 0 saturated carbocycles. The van der Waals surface area contributed by atoms with Crippen molar-refractivity contribution in [3.05, 3.63) is 29.8 Å². The summed E-state index contributed by atoms with van der Waals surface area (Å²) in [4.78, 5) is 1.33. The Labute approximate surface area is 110 Å². The average molecular weight is 251 g/mol. The van der Waals surface area contributed by atoms with Gasteiger partial charge < -0.3 is 5.73 Å². The van der Waals surface area contributed by atoms with Gasteiger partial charge in [0.15, 0.2) is 0 Å². The summed E-state index contributed by atoms with van der Waals surface area (Å²) in [6, 6.07) is 8.69. The standard InChI is InChI=1S/C15H25NS/c1-6-11(2)14(16)12-9-7-8-10-13(12)17-15(3,4)5/h7-11,14H,6,16H2,1-5H3/t11?,14-/m0/s1. The molecule has 2 N–H and O–H groups in total. The summed E-state index contributed by atoms with van der Waals surface area (Å²) in [5.74, 6) is 0.525. The molecule has 2 heteroatoms. The number of hydrogen-bond acceptors (Lipinski definition) is 2. The zero-order valence-electron chi connectivity index (χ0n) is 11.7. The highest BCUT2D eigenvalue weighted by atomic mass is 32.2. The summed E-state index contributed by atoms with van der Waals surface area (Å²) in [6.45, 7) is 11.1. The smallest absolute Gasteiger partial charge is 0.0331 e. The first kappa shape index (κ1) is 14.6. The summed E-state index contributed by atoms with van der Waals surface area (Å²) >= 11 is 1.90. The third-order valence-corrected chi connectivity index (χ3v) is 4.16. The lowest BCUT2D eigenvalue weighted by molar-refractivity contribution is 0.452. The van der Waals surface area contributed by atoms with E-state index in [1.807, 2.05) is 11.8 Å². The lowest BCUT2D eigenvalue weighted by atomic mass is 9.93. The SMILES string of the molecule is CCC(C)[C@H](N)c1ccccc1SC(C)(C)C. The van der Waals surface area contributed by atoms with Crippen LogP contribution in [0.5, 0.6) is 0 Å². The fourth-order valence-corrected chi connectivity index (χ4v) is 2.87. The van der Waals surface area contributed by atoms with Gasteiger partial charge in [-0.1, -0.05) is 59.2 Å². The maximum Gasteiger partial charge on any atom is 0.0331 e. The van der Waals surface area contributed by atoms with Crippen molar-refractivity contribution < 1.29 is 0 Å². The van der Waals surface area contributed by atoms with E-state index in [1.54, 1.807) is 0 Å². The minimum Gasteiger partial charge on any atom is -0.324 e. The molecule has 2 atom stereocenters. The highest BCUT2D eigenvalue weighted by Crippen LogP contribution is 2.37. The maximum atomic E-state index is 6.36. The Morgan fingerprint density at radius 3 is 2.35 bits per heavy atom. The van der Waals surface area contributed by atoms with Crippen molar-refractivity contribution in [1.29, 1.82) is 0 Å². The summed E-state index contributed by atoms with van der Waals surface area (Å²) in [6.07, 6.45) is 1.12. The Kier molecular flexibility index (Phi) is 5.08. The van der Waals surface area contributed by atoms with Gasteiger partial charge in [-0.2, -0.15) is 0 Å². The molecule has 0 aliphatic rings. The quantitative estimate of drug-likeness (QED) is 0.790. The molecule has 1 aromatic rings. The molecule has 1 rings (SSSR count). The van der Waals surface area contributed by atoms with Crippen molar-refractivity contribution in [1.82, 2.24) is 0 Å². The van der Waals surface area contributed by atoms with Crippen LogP contribution in [-0.2, 0) is 0 Å². The number of thioether (sulfide) groups is 1. The molecule has 0 fully saturated rings. The van der Waals surface area contributed by atoms with Gasteiger partial charge in [-0.3, -0.25) is 0 Å². The third-order valence-electron chi connectivity index (χ3n) is 2.95. The second-order valence-electron chi connectivity index (χ2n) is 5.66. The number of nitrogens with two attached hydrogens (primary N) is 1. The summed E-state index contributed by atoms with van der Waals surface area (Å²) < 4.78 is 0.227. The molecular formula is C15H25NS. The number of rotatable bonds is 4. The second-order valence-corrected chi connectivity index (χ2v) is 7.53. The lowest BCUT2D eigenvalue weighted by Gasteiger charge is -2.25. The van der Waals surface area contributed by atoms with Crippen molar-refractivity contribution in [2.24, 2.45) is 11.7 Å².